The number of furan rings is 1. The fourth-order valence-electron chi connectivity index (χ4n) is 1.75. The molecule has 0 aliphatic carbocycles. The number of nitrogens with zero attached hydrogens (tertiary/aromatic N) is 1. The second-order valence-corrected chi connectivity index (χ2v) is 4.63. The monoisotopic (exact) mass is 287 g/mol. The van der Waals surface area contributed by atoms with Crippen LogP contribution in [0, 0.1) is 0 Å². The molecule has 110 valence electrons. The van der Waals surface area contributed by atoms with E-state index in [1.807, 2.05) is 0 Å². The average molecular weight is 287 g/mol. The van der Waals surface area contributed by atoms with E-state index in [1.54, 1.807) is 49.7 Å². The van der Waals surface area contributed by atoms with Crippen LogP contribution in [0.1, 0.15) is 16.1 Å². The molecule has 0 aliphatic heterocycles. The lowest BCUT2D eigenvalue weighted by Gasteiger charge is -2.16. The van der Waals surface area contributed by atoms with E-state index in [-0.39, 0.29) is 18.4 Å². The topological polar surface area (TPSA) is 88.6 Å². The number of nitrogen functional groups attached to an aromatic ring is 1. The molecular weight excluding hydrogens is 270 g/mol. The number of likely N-dealkylation sites (N-methyl/N-ethyl adjacent to an activating group) is 1. The Labute approximate surface area is 122 Å². The largest absolute Gasteiger partial charge is 0.467 e. The van der Waals surface area contributed by atoms with Crippen LogP contribution in [0.25, 0.3) is 0 Å². The van der Waals surface area contributed by atoms with Crippen molar-refractivity contribution < 1.29 is 14.0 Å². The summed E-state index contributed by atoms with van der Waals surface area (Å²) in [4.78, 5) is 25.3. The molecule has 0 unspecified atom stereocenters. The maximum Gasteiger partial charge on any atom is 0.251 e. The minimum atomic E-state index is -0.310. The third-order valence-corrected chi connectivity index (χ3v) is 2.97. The van der Waals surface area contributed by atoms with Crippen molar-refractivity contribution >= 4 is 17.5 Å². The fourth-order valence-corrected chi connectivity index (χ4v) is 1.75. The Balaban J connectivity index is 1.83. The number of carbonyl (C=O) groups excluding carboxylic acids is 2. The Morgan fingerprint density at radius 3 is 2.57 bits per heavy atom. The van der Waals surface area contributed by atoms with Gasteiger partial charge in [-0.15, -0.1) is 0 Å². The molecule has 2 amide bonds. The Hall–Kier alpha value is -2.76. The zero-order valence-electron chi connectivity index (χ0n) is 11.7. The van der Waals surface area contributed by atoms with Crippen LogP contribution in [0.2, 0.25) is 0 Å². The van der Waals surface area contributed by atoms with Crippen LogP contribution in [0.15, 0.2) is 47.1 Å². The summed E-state index contributed by atoms with van der Waals surface area (Å²) in [7, 11) is 1.65. The maximum absolute atomic E-state index is 11.9. The van der Waals surface area contributed by atoms with Crippen molar-refractivity contribution in [2.24, 2.45) is 0 Å². The van der Waals surface area contributed by atoms with Gasteiger partial charge in [-0.1, -0.05) is 0 Å². The molecule has 0 atom stereocenters. The molecule has 1 aromatic heterocycles. The maximum atomic E-state index is 11.9. The number of rotatable bonds is 5. The first-order valence-corrected chi connectivity index (χ1v) is 6.46. The van der Waals surface area contributed by atoms with Gasteiger partial charge in [-0.3, -0.25) is 9.59 Å². The van der Waals surface area contributed by atoms with E-state index in [4.69, 9.17) is 10.2 Å². The van der Waals surface area contributed by atoms with Crippen LogP contribution in [-0.2, 0) is 11.3 Å². The molecule has 0 spiro atoms. The number of hydrogen-bond donors (Lipinski definition) is 2. The number of anilines is 1. The molecule has 0 saturated carbocycles. The van der Waals surface area contributed by atoms with Gasteiger partial charge in [0.05, 0.1) is 19.4 Å². The molecule has 0 bridgehead atoms. The zero-order valence-corrected chi connectivity index (χ0v) is 11.7. The molecule has 0 saturated heterocycles. The van der Waals surface area contributed by atoms with Gasteiger partial charge in [0, 0.05) is 18.3 Å². The Morgan fingerprint density at radius 2 is 1.95 bits per heavy atom. The molecule has 2 rings (SSSR count). The molecule has 1 heterocycles. The van der Waals surface area contributed by atoms with Gasteiger partial charge in [-0.05, 0) is 36.4 Å². The number of amides is 2. The van der Waals surface area contributed by atoms with E-state index < -0.39 is 0 Å². The summed E-state index contributed by atoms with van der Waals surface area (Å²) in [6, 6.07) is 10.1. The van der Waals surface area contributed by atoms with Crippen molar-refractivity contribution in [2.75, 3.05) is 19.3 Å². The smallest absolute Gasteiger partial charge is 0.251 e. The molecule has 3 N–H and O–H groups in total. The molecule has 0 radical (unpaired) electrons. The molecule has 1 aromatic carbocycles. The Bertz CT molecular complexity index is 606. The van der Waals surface area contributed by atoms with Crippen LogP contribution in [0.5, 0.6) is 0 Å². The first-order chi connectivity index (χ1) is 10.1. The first kappa shape index (κ1) is 14.6. The quantitative estimate of drug-likeness (QED) is 0.810. The van der Waals surface area contributed by atoms with Gasteiger partial charge in [0.15, 0.2) is 0 Å². The van der Waals surface area contributed by atoms with Crippen LogP contribution >= 0.6 is 0 Å². The average Bonchev–Trinajstić information content (AvgIpc) is 2.98. The predicted octanol–water partition coefficient (Wildman–Crippen LogP) is 1.25. The highest BCUT2D eigenvalue weighted by atomic mass is 16.3. The van der Waals surface area contributed by atoms with Crippen molar-refractivity contribution in [3.63, 3.8) is 0 Å². The molecule has 21 heavy (non-hydrogen) atoms. The summed E-state index contributed by atoms with van der Waals surface area (Å²) in [6.45, 7) is 0.296. The van der Waals surface area contributed by atoms with E-state index in [9.17, 15) is 9.59 Å². The summed E-state index contributed by atoms with van der Waals surface area (Å²) >= 11 is 0. The minimum absolute atomic E-state index is 0.0690. The highest BCUT2D eigenvalue weighted by molar-refractivity contribution is 5.96. The van der Waals surface area contributed by atoms with Gasteiger partial charge >= 0.3 is 0 Å². The van der Waals surface area contributed by atoms with Gasteiger partial charge in [0.25, 0.3) is 5.91 Å². The van der Waals surface area contributed by atoms with E-state index >= 15 is 0 Å². The molecule has 0 fully saturated rings. The van der Waals surface area contributed by atoms with E-state index in [2.05, 4.69) is 5.32 Å². The van der Waals surface area contributed by atoms with Gasteiger partial charge in [-0.25, -0.2) is 0 Å². The van der Waals surface area contributed by atoms with Crippen molar-refractivity contribution in [1.82, 2.24) is 10.2 Å². The van der Waals surface area contributed by atoms with Crippen molar-refractivity contribution in [3.05, 3.63) is 54.0 Å². The lowest BCUT2D eigenvalue weighted by Crippen LogP contribution is -2.37. The number of carbonyl (C=O) groups is 2. The number of benzene rings is 1. The van der Waals surface area contributed by atoms with Crippen LogP contribution in [0.4, 0.5) is 5.69 Å². The molecule has 6 heteroatoms. The lowest BCUT2D eigenvalue weighted by atomic mass is 10.2. The molecular formula is C15H17N3O3. The summed E-state index contributed by atoms with van der Waals surface area (Å²) < 4.78 is 5.17. The van der Waals surface area contributed by atoms with Crippen LogP contribution in [-0.4, -0.2) is 30.3 Å². The van der Waals surface area contributed by atoms with Gasteiger partial charge in [0.1, 0.15) is 5.76 Å². The van der Waals surface area contributed by atoms with E-state index in [1.165, 1.54) is 4.90 Å². The standard InChI is InChI=1S/C15H17N3O3/c1-18(10-13-3-2-8-21-13)14(19)9-17-15(20)11-4-6-12(16)7-5-11/h2-8H,9-10,16H2,1H3,(H,17,20). The third kappa shape index (κ3) is 4.10. The molecule has 2 aromatic rings. The van der Waals surface area contributed by atoms with Gasteiger partial charge in [-0.2, -0.15) is 0 Å². The van der Waals surface area contributed by atoms with Crippen LogP contribution < -0.4 is 11.1 Å². The summed E-state index contributed by atoms with van der Waals surface area (Å²) in [6.07, 6.45) is 1.55. The lowest BCUT2D eigenvalue weighted by molar-refractivity contribution is -0.129. The van der Waals surface area contributed by atoms with Crippen molar-refractivity contribution in [2.45, 2.75) is 6.54 Å². The number of nitrogens with two attached hydrogens (primary N) is 1. The SMILES string of the molecule is CN(Cc1ccco1)C(=O)CNC(=O)c1ccc(N)cc1. The highest BCUT2D eigenvalue weighted by Gasteiger charge is 2.12. The molecule has 6 nitrogen and oxygen atoms in total. The van der Waals surface area contributed by atoms with Crippen LogP contribution in [0.3, 0.4) is 0 Å². The Kier molecular flexibility index (Phi) is 4.61. The first-order valence-electron chi connectivity index (χ1n) is 6.46. The normalized spacial score (nSPS) is 10.1. The Morgan fingerprint density at radius 1 is 1.24 bits per heavy atom. The minimum Gasteiger partial charge on any atom is -0.467 e. The zero-order chi connectivity index (χ0) is 15.2. The van der Waals surface area contributed by atoms with Crippen molar-refractivity contribution in [3.8, 4) is 0 Å². The highest BCUT2D eigenvalue weighted by Crippen LogP contribution is 2.06. The van der Waals surface area contributed by atoms with Gasteiger partial charge in [0.2, 0.25) is 5.91 Å². The summed E-state index contributed by atoms with van der Waals surface area (Å²) in [5, 5.41) is 2.58. The predicted molar refractivity (Wildman–Crippen MR) is 78.4 cm³/mol. The van der Waals surface area contributed by atoms with Crippen molar-refractivity contribution in [1.29, 1.82) is 0 Å². The second-order valence-electron chi connectivity index (χ2n) is 4.63. The number of nitrogens with one attached hydrogen (secondary N) is 1. The number of hydrogen-bond acceptors (Lipinski definition) is 4. The fraction of sp³-hybridized carbons (Fsp3) is 0.200. The summed E-state index contributed by atoms with van der Waals surface area (Å²) in [5.74, 6) is 0.181. The van der Waals surface area contributed by atoms with E-state index in [0.717, 1.165) is 0 Å². The van der Waals surface area contributed by atoms with E-state index in [0.29, 0.717) is 23.6 Å². The second kappa shape index (κ2) is 6.60. The third-order valence-electron chi connectivity index (χ3n) is 2.97. The van der Waals surface area contributed by atoms with Gasteiger partial charge < -0.3 is 20.4 Å². The summed E-state index contributed by atoms with van der Waals surface area (Å²) in [5.41, 5.74) is 6.60. The molecule has 0 aliphatic rings.